The Morgan fingerprint density at radius 3 is 2.60 bits per heavy atom. The second-order valence-electron chi connectivity index (χ2n) is 6.23. The van der Waals surface area contributed by atoms with Gasteiger partial charge >= 0.3 is 0 Å². The summed E-state index contributed by atoms with van der Waals surface area (Å²) >= 11 is 0. The zero-order valence-corrected chi connectivity index (χ0v) is 13.1. The van der Waals surface area contributed by atoms with Gasteiger partial charge in [-0.1, -0.05) is 18.2 Å². The van der Waals surface area contributed by atoms with Crippen LogP contribution in [0.15, 0.2) is 24.3 Å². The van der Waals surface area contributed by atoms with Crippen molar-refractivity contribution in [2.24, 2.45) is 0 Å². The number of ketones is 1. The van der Waals surface area contributed by atoms with E-state index in [1.54, 1.807) is 24.3 Å². The Hall–Kier alpha value is -1.88. The molecule has 1 amide bonds. The Kier molecular flexibility index (Phi) is 4.62. The van der Waals surface area contributed by atoms with Crippen molar-refractivity contribution in [3.63, 3.8) is 0 Å². The van der Waals surface area contributed by atoms with Crippen LogP contribution in [0.3, 0.4) is 0 Å². The van der Waals surface area contributed by atoms with Crippen molar-refractivity contribution in [1.29, 1.82) is 0 Å². The molecule has 0 saturated carbocycles. The van der Waals surface area contributed by atoms with Crippen LogP contribution in [-0.4, -0.2) is 74.0 Å². The zero-order chi connectivity index (χ0) is 18.4. The molecule has 9 nitrogen and oxygen atoms in total. The van der Waals surface area contributed by atoms with Crippen LogP contribution >= 0.6 is 0 Å². The maximum Gasteiger partial charge on any atom is 0.232 e. The van der Waals surface area contributed by atoms with Crippen molar-refractivity contribution in [3.05, 3.63) is 29.8 Å². The fraction of sp³-hybridized carbons (Fsp3) is 0.500. The van der Waals surface area contributed by atoms with E-state index < -0.39 is 60.8 Å². The number of para-hydroxylation sites is 1. The Bertz CT molecular complexity index is 694. The van der Waals surface area contributed by atoms with Gasteiger partial charge in [0.15, 0.2) is 12.1 Å². The largest absolute Gasteiger partial charge is 0.394 e. The molecule has 3 rings (SSSR count). The molecule has 1 unspecified atom stereocenters. The van der Waals surface area contributed by atoms with Gasteiger partial charge in [0.1, 0.15) is 18.3 Å². The summed E-state index contributed by atoms with van der Waals surface area (Å²) < 4.78 is 4.84. The fourth-order valence-electron chi connectivity index (χ4n) is 3.24. The van der Waals surface area contributed by atoms with Gasteiger partial charge in [0.25, 0.3) is 0 Å². The molecular weight excluding hydrogens is 334 g/mol. The molecular formula is C16H19NO8. The van der Waals surface area contributed by atoms with Gasteiger partial charge in [-0.3, -0.25) is 9.59 Å². The highest BCUT2D eigenvalue weighted by molar-refractivity contribution is 6.06. The van der Waals surface area contributed by atoms with Crippen LogP contribution < -0.4 is 5.32 Å². The van der Waals surface area contributed by atoms with E-state index in [9.17, 15) is 30.0 Å². The van der Waals surface area contributed by atoms with E-state index in [2.05, 4.69) is 5.32 Å². The average molecular weight is 353 g/mol. The predicted octanol–water partition coefficient (Wildman–Crippen LogP) is -2.16. The van der Waals surface area contributed by atoms with Crippen LogP contribution in [-0.2, 0) is 14.3 Å². The lowest BCUT2D eigenvalue weighted by atomic mass is 9.79. The number of hydrogen-bond acceptors (Lipinski definition) is 8. The second-order valence-corrected chi connectivity index (χ2v) is 6.23. The number of carbonyl (C=O) groups is 2. The van der Waals surface area contributed by atoms with Gasteiger partial charge in [0.2, 0.25) is 11.5 Å². The lowest BCUT2D eigenvalue weighted by Gasteiger charge is -2.45. The Labute approximate surface area is 142 Å². The third-order valence-electron chi connectivity index (χ3n) is 4.76. The topological polar surface area (TPSA) is 157 Å². The van der Waals surface area contributed by atoms with Gasteiger partial charge in [-0.05, 0) is 11.6 Å². The number of carbonyl (C=O) groups excluding carboxylic acids is 2. The molecule has 6 atom stereocenters. The molecule has 0 aromatic heterocycles. The molecule has 2 heterocycles. The van der Waals surface area contributed by atoms with Gasteiger partial charge in [0, 0.05) is 12.1 Å². The van der Waals surface area contributed by atoms with E-state index in [-0.39, 0.29) is 0 Å². The maximum atomic E-state index is 12.6. The SMILES string of the molecule is O=C1Nc2ccccc2C1CC(=O)[C@]1(O)[C@@H](O)O[C@H](CO)[C@@H](O)[C@@H]1O. The highest BCUT2D eigenvalue weighted by Gasteiger charge is 2.59. The monoisotopic (exact) mass is 353 g/mol. The standard InChI is InChI=1S/C16H19NO8/c18-6-10-12(20)13(21)16(24,15(23)25-10)11(19)5-8-7-3-1-2-4-9(7)17-14(8)22/h1-4,8,10,12-13,15,18,20-21,23-24H,5-6H2,(H,17,22)/t8?,10-,12-,13+,15+,16-/m1/s1. The summed E-state index contributed by atoms with van der Waals surface area (Å²) in [5.41, 5.74) is -1.72. The molecule has 136 valence electrons. The summed E-state index contributed by atoms with van der Waals surface area (Å²) in [6.45, 7) is -0.724. The van der Waals surface area contributed by atoms with Crippen molar-refractivity contribution in [1.82, 2.24) is 0 Å². The summed E-state index contributed by atoms with van der Waals surface area (Å²) in [4.78, 5) is 24.7. The van der Waals surface area contributed by atoms with E-state index in [1.165, 1.54) is 0 Å². The first-order chi connectivity index (χ1) is 11.8. The number of Topliss-reactive ketones (excluding diaryl/α,β-unsaturated/α-hetero) is 1. The molecule has 1 aromatic rings. The van der Waals surface area contributed by atoms with Gasteiger partial charge in [-0.2, -0.15) is 0 Å². The van der Waals surface area contributed by atoms with Crippen molar-refractivity contribution >= 4 is 17.4 Å². The first-order valence-corrected chi connectivity index (χ1v) is 7.76. The highest BCUT2D eigenvalue weighted by Crippen LogP contribution is 2.38. The molecule has 1 aromatic carbocycles. The van der Waals surface area contributed by atoms with Gasteiger partial charge in [-0.15, -0.1) is 0 Å². The normalized spacial score (nSPS) is 37.5. The molecule has 1 saturated heterocycles. The van der Waals surface area contributed by atoms with Gasteiger partial charge in [0.05, 0.1) is 12.5 Å². The van der Waals surface area contributed by atoms with Crippen molar-refractivity contribution in [2.45, 2.75) is 42.5 Å². The molecule has 1 fully saturated rings. The minimum atomic E-state index is -2.82. The number of nitrogens with one attached hydrogen (secondary N) is 1. The zero-order valence-electron chi connectivity index (χ0n) is 13.1. The molecule has 25 heavy (non-hydrogen) atoms. The minimum Gasteiger partial charge on any atom is -0.394 e. The minimum absolute atomic E-state index is 0.451. The molecule has 0 radical (unpaired) electrons. The summed E-state index contributed by atoms with van der Waals surface area (Å²) in [6, 6.07) is 6.71. The molecule has 0 spiro atoms. The Morgan fingerprint density at radius 1 is 1.24 bits per heavy atom. The first kappa shape index (κ1) is 17.9. The number of hydrogen-bond donors (Lipinski definition) is 6. The number of aliphatic hydroxyl groups excluding tert-OH is 4. The van der Waals surface area contributed by atoms with Crippen LogP contribution in [0.1, 0.15) is 17.9 Å². The van der Waals surface area contributed by atoms with E-state index in [1.807, 2.05) is 0 Å². The van der Waals surface area contributed by atoms with E-state index in [4.69, 9.17) is 9.84 Å². The van der Waals surface area contributed by atoms with E-state index in [0.29, 0.717) is 11.3 Å². The third-order valence-corrected chi connectivity index (χ3v) is 4.76. The van der Waals surface area contributed by atoms with Crippen LogP contribution in [0.5, 0.6) is 0 Å². The molecule has 2 aliphatic heterocycles. The van der Waals surface area contributed by atoms with Gasteiger partial charge < -0.3 is 35.6 Å². The van der Waals surface area contributed by atoms with Crippen molar-refractivity contribution in [2.75, 3.05) is 11.9 Å². The highest BCUT2D eigenvalue weighted by atomic mass is 16.6. The molecule has 0 aliphatic carbocycles. The van der Waals surface area contributed by atoms with Gasteiger partial charge in [-0.25, -0.2) is 0 Å². The molecule has 6 N–H and O–H groups in total. The predicted molar refractivity (Wildman–Crippen MR) is 82.4 cm³/mol. The summed E-state index contributed by atoms with van der Waals surface area (Å²) in [5.74, 6) is -2.41. The summed E-state index contributed by atoms with van der Waals surface area (Å²) in [5, 5.41) is 52.1. The summed E-state index contributed by atoms with van der Waals surface area (Å²) in [6.07, 6.45) is -7.88. The number of ether oxygens (including phenoxy) is 1. The Balaban J connectivity index is 1.84. The lowest BCUT2D eigenvalue weighted by Crippen LogP contribution is -2.70. The van der Waals surface area contributed by atoms with E-state index >= 15 is 0 Å². The van der Waals surface area contributed by atoms with E-state index in [0.717, 1.165) is 0 Å². The number of rotatable bonds is 4. The van der Waals surface area contributed by atoms with Crippen LogP contribution in [0, 0.1) is 0 Å². The second kappa shape index (κ2) is 6.45. The quantitative estimate of drug-likeness (QED) is 0.357. The number of benzene rings is 1. The summed E-state index contributed by atoms with van der Waals surface area (Å²) in [7, 11) is 0. The van der Waals surface area contributed by atoms with Crippen LogP contribution in [0.4, 0.5) is 5.69 Å². The lowest BCUT2D eigenvalue weighted by molar-refractivity contribution is -0.317. The van der Waals surface area contributed by atoms with Crippen molar-refractivity contribution < 1.29 is 39.9 Å². The fourth-order valence-corrected chi connectivity index (χ4v) is 3.24. The number of amides is 1. The van der Waals surface area contributed by atoms with Crippen LogP contribution in [0.25, 0.3) is 0 Å². The molecule has 2 aliphatic rings. The van der Waals surface area contributed by atoms with Crippen LogP contribution in [0.2, 0.25) is 0 Å². The van der Waals surface area contributed by atoms with Crippen molar-refractivity contribution in [3.8, 4) is 0 Å². The molecule has 9 heteroatoms. The number of fused-ring (bicyclic) bond motifs is 1. The average Bonchev–Trinajstić information content (AvgIpc) is 2.91. The third kappa shape index (κ3) is 2.74. The molecule has 0 bridgehead atoms. The maximum absolute atomic E-state index is 12.6. The number of aliphatic hydroxyl groups is 5. The first-order valence-electron chi connectivity index (χ1n) is 7.76. The Morgan fingerprint density at radius 2 is 1.92 bits per heavy atom. The smallest absolute Gasteiger partial charge is 0.232 e. The number of anilines is 1.